The van der Waals surface area contributed by atoms with E-state index in [0.717, 1.165) is 23.4 Å². The molecule has 1 aromatic rings. The Kier molecular flexibility index (Phi) is 4.69. The van der Waals surface area contributed by atoms with E-state index >= 15 is 0 Å². The van der Waals surface area contributed by atoms with Crippen LogP contribution >= 0.6 is 11.8 Å². The molecule has 110 valence electrons. The Hall–Kier alpha value is -1.50. The first-order valence-electron chi connectivity index (χ1n) is 6.52. The van der Waals surface area contributed by atoms with Crippen LogP contribution in [0.2, 0.25) is 0 Å². The summed E-state index contributed by atoms with van der Waals surface area (Å²) in [5.41, 5.74) is 1.85. The van der Waals surface area contributed by atoms with Crippen molar-refractivity contribution >= 4 is 23.6 Å². The Bertz CT molecular complexity index is 495. The Morgan fingerprint density at radius 2 is 2.25 bits per heavy atom. The van der Waals surface area contributed by atoms with Crippen molar-refractivity contribution in [2.75, 3.05) is 12.3 Å². The molecule has 6 nitrogen and oxygen atoms in total. The van der Waals surface area contributed by atoms with Crippen molar-refractivity contribution < 1.29 is 19.2 Å². The van der Waals surface area contributed by atoms with Crippen LogP contribution in [0.15, 0.2) is 4.52 Å². The Labute approximate surface area is 121 Å². The maximum absolute atomic E-state index is 12.1. The standard InChI is InChI=1S/C13H18N2O4S/c1-8-10(9(2)19-14-8)6-20-7-12(16)15-5-3-4-11(15)13(17)18/h11H,3-7H2,1-2H3,(H,17,18)/t11-/m1/s1. The molecule has 1 fully saturated rings. The lowest BCUT2D eigenvalue weighted by atomic mass is 10.2. The van der Waals surface area contributed by atoms with Crippen molar-refractivity contribution in [1.82, 2.24) is 10.1 Å². The van der Waals surface area contributed by atoms with Crippen LogP contribution < -0.4 is 0 Å². The largest absolute Gasteiger partial charge is 0.480 e. The molecule has 2 heterocycles. The van der Waals surface area contributed by atoms with E-state index in [4.69, 9.17) is 9.63 Å². The highest BCUT2D eigenvalue weighted by molar-refractivity contribution is 7.99. The maximum Gasteiger partial charge on any atom is 0.326 e. The van der Waals surface area contributed by atoms with Gasteiger partial charge in [0, 0.05) is 17.9 Å². The number of carbonyl (C=O) groups excluding carboxylic acids is 1. The molecule has 20 heavy (non-hydrogen) atoms. The number of hydrogen-bond acceptors (Lipinski definition) is 5. The van der Waals surface area contributed by atoms with E-state index in [1.807, 2.05) is 13.8 Å². The molecule has 1 aliphatic heterocycles. The van der Waals surface area contributed by atoms with Crippen molar-refractivity contribution in [3.63, 3.8) is 0 Å². The van der Waals surface area contributed by atoms with E-state index in [1.54, 1.807) is 0 Å². The molecule has 1 amide bonds. The molecule has 1 atom stereocenters. The van der Waals surface area contributed by atoms with E-state index < -0.39 is 12.0 Å². The van der Waals surface area contributed by atoms with Crippen molar-refractivity contribution in [3.8, 4) is 0 Å². The Morgan fingerprint density at radius 3 is 2.85 bits per heavy atom. The zero-order valence-electron chi connectivity index (χ0n) is 11.6. The van der Waals surface area contributed by atoms with Crippen molar-refractivity contribution in [2.45, 2.75) is 38.5 Å². The van der Waals surface area contributed by atoms with Gasteiger partial charge in [0.15, 0.2) is 0 Å². The molecule has 0 bridgehead atoms. The lowest BCUT2D eigenvalue weighted by Crippen LogP contribution is -2.41. The highest BCUT2D eigenvalue weighted by Gasteiger charge is 2.33. The highest BCUT2D eigenvalue weighted by atomic mass is 32.2. The molecule has 1 aromatic heterocycles. The summed E-state index contributed by atoms with van der Waals surface area (Å²) in [4.78, 5) is 24.6. The first kappa shape index (κ1) is 14.9. The normalized spacial score (nSPS) is 18.5. The van der Waals surface area contributed by atoms with Crippen LogP contribution in [0.25, 0.3) is 0 Å². The van der Waals surface area contributed by atoms with Gasteiger partial charge in [0.05, 0.1) is 11.4 Å². The molecule has 1 saturated heterocycles. The number of aromatic nitrogens is 1. The Balaban J connectivity index is 1.85. The fraction of sp³-hybridized carbons (Fsp3) is 0.615. The minimum Gasteiger partial charge on any atom is -0.480 e. The molecular formula is C13H18N2O4S. The van der Waals surface area contributed by atoms with Gasteiger partial charge in [-0.25, -0.2) is 4.79 Å². The van der Waals surface area contributed by atoms with Gasteiger partial charge in [-0.3, -0.25) is 4.79 Å². The van der Waals surface area contributed by atoms with E-state index in [2.05, 4.69) is 5.16 Å². The monoisotopic (exact) mass is 298 g/mol. The van der Waals surface area contributed by atoms with Gasteiger partial charge >= 0.3 is 5.97 Å². The van der Waals surface area contributed by atoms with Gasteiger partial charge in [-0.1, -0.05) is 5.16 Å². The van der Waals surface area contributed by atoms with Crippen LogP contribution in [0, 0.1) is 13.8 Å². The number of thioether (sulfide) groups is 1. The molecular weight excluding hydrogens is 280 g/mol. The average molecular weight is 298 g/mol. The Morgan fingerprint density at radius 1 is 1.50 bits per heavy atom. The van der Waals surface area contributed by atoms with Gasteiger partial charge in [-0.2, -0.15) is 0 Å². The van der Waals surface area contributed by atoms with Crippen molar-refractivity contribution in [2.24, 2.45) is 0 Å². The fourth-order valence-corrected chi connectivity index (χ4v) is 3.41. The van der Waals surface area contributed by atoms with Crippen LogP contribution in [0.4, 0.5) is 0 Å². The molecule has 0 spiro atoms. The first-order chi connectivity index (χ1) is 9.50. The molecule has 1 N–H and O–H groups in total. The summed E-state index contributed by atoms with van der Waals surface area (Å²) in [7, 11) is 0. The highest BCUT2D eigenvalue weighted by Crippen LogP contribution is 2.22. The first-order valence-corrected chi connectivity index (χ1v) is 7.68. The summed E-state index contributed by atoms with van der Waals surface area (Å²) in [6.07, 6.45) is 1.31. The van der Waals surface area contributed by atoms with E-state index in [0.29, 0.717) is 18.7 Å². The lowest BCUT2D eigenvalue weighted by Gasteiger charge is -2.21. The van der Waals surface area contributed by atoms with Gasteiger partial charge in [0.25, 0.3) is 0 Å². The summed E-state index contributed by atoms with van der Waals surface area (Å²) < 4.78 is 5.06. The molecule has 0 unspecified atom stereocenters. The number of nitrogens with zero attached hydrogens (tertiary/aromatic N) is 2. The van der Waals surface area contributed by atoms with Gasteiger partial charge < -0.3 is 14.5 Å². The number of aryl methyl sites for hydroxylation is 2. The molecule has 0 aromatic carbocycles. The van der Waals surface area contributed by atoms with E-state index in [-0.39, 0.29) is 11.7 Å². The van der Waals surface area contributed by atoms with Crippen LogP contribution in [0.3, 0.4) is 0 Å². The summed E-state index contributed by atoms with van der Waals surface area (Å²) in [6, 6.07) is -0.651. The quantitative estimate of drug-likeness (QED) is 0.889. The number of rotatable bonds is 5. The molecule has 0 saturated carbocycles. The predicted molar refractivity (Wildman–Crippen MR) is 74.5 cm³/mol. The second-order valence-electron chi connectivity index (χ2n) is 4.88. The number of carboxylic acids is 1. The van der Waals surface area contributed by atoms with Crippen LogP contribution in [-0.4, -0.2) is 45.4 Å². The third kappa shape index (κ3) is 3.15. The third-order valence-electron chi connectivity index (χ3n) is 3.51. The molecule has 0 radical (unpaired) electrons. The van der Waals surface area contributed by atoms with Crippen molar-refractivity contribution in [3.05, 3.63) is 17.0 Å². The second-order valence-corrected chi connectivity index (χ2v) is 5.86. The summed E-state index contributed by atoms with van der Waals surface area (Å²) in [5, 5.41) is 12.9. The number of aliphatic carboxylic acids is 1. The minimum absolute atomic E-state index is 0.105. The lowest BCUT2D eigenvalue weighted by molar-refractivity contribution is -0.147. The van der Waals surface area contributed by atoms with Gasteiger partial charge in [-0.05, 0) is 26.7 Å². The SMILES string of the molecule is Cc1noc(C)c1CSCC(=O)N1CCC[C@@H]1C(=O)O. The predicted octanol–water partition coefficient (Wildman–Crippen LogP) is 1.60. The summed E-state index contributed by atoms with van der Waals surface area (Å²) >= 11 is 1.46. The van der Waals surface area contributed by atoms with Crippen molar-refractivity contribution in [1.29, 1.82) is 0 Å². The smallest absolute Gasteiger partial charge is 0.326 e. The maximum atomic E-state index is 12.1. The molecule has 2 rings (SSSR count). The third-order valence-corrected chi connectivity index (χ3v) is 4.46. The average Bonchev–Trinajstić information content (AvgIpc) is 2.99. The number of likely N-dealkylation sites (tertiary alicyclic amines) is 1. The van der Waals surface area contributed by atoms with Gasteiger partial charge in [0.2, 0.25) is 5.91 Å². The topological polar surface area (TPSA) is 83.6 Å². The van der Waals surface area contributed by atoms with Crippen LogP contribution in [0.1, 0.15) is 29.9 Å². The van der Waals surface area contributed by atoms with E-state index in [9.17, 15) is 9.59 Å². The minimum atomic E-state index is -0.911. The van der Waals surface area contributed by atoms with E-state index in [1.165, 1.54) is 16.7 Å². The van der Waals surface area contributed by atoms with Crippen LogP contribution in [0.5, 0.6) is 0 Å². The van der Waals surface area contributed by atoms with Gasteiger partial charge in [-0.15, -0.1) is 11.8 Å². The number of carbonyl (C=O) groups is 2. The molecule has 7 heteroatoms. The fourth-order valence-electron chi connectivity index (χ4n) is 2.35. The number of carboxylic acid groups (broad SMARTS) is 1. The number of hydrogen-bond donors (Lipinski definition) is 1. The second kappa shape index (κ2) is 6.30. The molecule has 1 aliphatic rings. The summed E-state index contributed by atoms with van der Waals surface area (Å²) in [5.74, 6) is 0.692. The summed E-state index contributed by atoms with van der Waals surface area (Å²) in [6.45, 7) is 4.26. The molecule has 0 aliphatic carbocycles. The van der Waals surface area contributed by atoms with Crippen LogP contribution in [-0.2, 0) is 15.3 Å². The zero-order valence-corrected chi connectivity index (χ0v) is 12.4. The number of amides is 1. The zero-order chi connectivity index (χ0) is 14.7. The van der Waals surface area contributed by atoms with Gasteiger partial charge in [0.1, 0.15) is 11.8 Å².